The fourth-order valence-electron chi connectivity index (χ4n) is 2.45. The summed E-state index contributed by atoms with van der Waals surface area (Å²) in [6.07, 6.45) is 2.29. The van der Waals surface area contributed by atoms with E-state index < -0.39 is 0 Å². The number of rotatable bonds is 6. The second-order valence-electron chi connectivity index (χ2n) is 5.54. The molecule has 0 aromatic heterocycles. The minimum Gasteiger partial charge on any atom is -0.484 e. The second-order valence-corrected chi connectivity index (χ2v) is 5.97. The molecule has 114 valence electrons. The van der Waals surface area contributed by atoms with Gasteiger partial charge >= 0.3 is 0 Å². The Morgan fingerprint density at radius 1 is 1.14 bits per heavy atom. The van der Waals surface area contributed by atoms with Gasteiger partial charge in [-0.2, -0.15) is 0 Å². The Morgan fingerprint density at radius 3 is 2.45 bits per heavy atom. The summed E-state index contributed by atoms with van der Waals surface area (Å²) in [5.74, 6) is 1.12. The molecule has 2 aromatic carbocycles. The summed E-state index contributed by atoms with van der Waals surface area (Å²) in [6.45, 7) is 0.0286. The zero-order chi connectivity index (χ0) is 15.4. The third-order valence-electron chi connectivity index (χ3n) is 3.75. The SMILES string of the molecule is O=C(COc1ccccc1)N[C@H](c1ccc(Cl)cc1)C1CC1. The van der Waals surface area contributed by atoms with E-state index in [1.54, 1.807) is 0 Å². The number of ether oxygens (including phenoxy) is 1. The van der Waals surface area contributed by atoms with Crippen LogP contribution in [0.25, 0.3) is 0 Å². The minimum absolute atomic E-state index is 0.0286. The van der Waals surface area contributed by atoms with Crippen LogP contribution in [-0.4, -0.2) is 12.5 Å². The fourth-order valence-corrected chi connectivity index (χ4v) is 2.58. The lowest BCUT2D eigenvalue weighted by Crippen LogP contribution is -2.33. The fraction of sp³-hybridized carbons (Fsp3) is 0.278. The molecule has 1 saturated carbocycles. The van der Waals surface area contributed by atoms with Crippen LogP contribution in [0.5, 0.6) is 5.75 Å². The summed E-state index contributed by atoms with van der Waals surface area (Å²) in [7, 11) is 0. The summed E-state index contributed by atoms with van der Waals surface area (Å²) in [5, 5.41) is 3.78. The first-order valence-corrected chi connectivity index (χ1v) is 7.83. The molecule has 0 aliphatic heterocycles. The molecule has 0 spiro atoms. The molecule has 0 heterocycles. The molecule has 1 fully saturated rings. The zero-order valence-electron chi connectivity index (χ0n) is 12.2. The number of para-hydroxylation sites is 1. The van der Waals surface area contributed by atoms with Gasteiger partial charge in [0.25, 0.3) is 5.91 Å². The molecule has 1 atom stereocenters. The quantitative estimate of drug-likeness (QED) is 0.875. The summed E-state index contributed by atoms with van der Waals surface area (Å²) in [5.41, 5.74) is 1.10. The predicted molar refractivity (Wildman–Crippen MR) is 87.0 cm³/mol. The molecule has 3 nitrogen and oxygen atoms in total. The first-order valence-electron chi connectivity index (χ1n) is 7.45. The lowest BCUT2D eigenvalue weighted by molar-refractivity contribution is -0.124. The monoisotopic (exact) mass is 315 g/mol. The van der Waals surface area contributed by atoms with Gasteiger partial charge in [-0.25, -0.2) is 0 Å². The average Bonchev–Trinajstić information content (AvgIpc) is 3.37. The second kappa shape index (κ2) is 6.84. The number of hydrogen-bond donors (Lipinski definition) is 1. The van der Waals surface area contributed by atoms with Gasteiger partial charge in [-0.1, -0.05) is 41.9 Å². The molecule has 0 saturated heterocycles. The Labute approximate surface area is 135 Å². The summed E-state index contributed by atoms with van der Waals surface area (Å²) in [6, 6.07) is 17.1. The Bertz CT molecular complexity index is 623. The molecule has 0 radical (unpaired) electrons. The van der Waals surface area contributed by atoms with Crippen molar-refractivity contribution in [3.63, 3.8) is 0 Å². The van der Waals surface area contributed by atoms with E-state index >= 15 is 0 Å². The maximum absolute atomic E-state index is 12.1. The van der Waals surface area contributed by atoms with Crippen LogP contribution in [0.4, 0.5) is 0 Å². The smallest absolute Gasteiger partial charge is 0.258 e. The van der Waals surface area contributed by atoms with Gasteiger partial charge in [0.15, 0.2) is 6.61 Å². The van der Waals surface area contributed by atoms with Gasteiger partial charge in [-0.15, -0.1) is 0 Å². The van der Waals surface area contributed by atoms with E-state index in [1.165, 1.54) is 0 Å². The van der Waals surface area contributed by atoms with Crippen molar-refractivity contribution in [3.8, 4) is 5.75 Å². The molecular weight excluding hydrogens is 298 g/mol. The van der Waals surface area contributed by atoms with Crippen molar-refractivity contribution in [2.45, 2.75) is 18.9 Å². The van der Waals surface area contributed by atoms with Gasteiger partial charge in [0, 0.05) is 5.02 Å². The normalized spacial score (nSPS) is 15.1. The van der Waals surface area contributed by atoms with Crippen molar-refractivity contribution in [3.05, 3.63) is 65.2 Å². The third kappa shape index (κ3) is 4.01. The molecule has 4 heteroatoms. The van der Waals surface area contributed by atoms with E-state index in [9.17, 15) is 4.79 Å². The minimum atomic E-state index is -0.101. The number of hydrogen-bond acceptors (Lipinski definition) is 2. The topological polar surface area (TPSA) is 38.3 Å². The number of carbonyl (C=O) groups excluding carboxylic acids is 1. The standard InChI is InChI=1S/C18H18ClNO2/c19-15-10-8-14(9-11-15)18(13-6-7-13)20-17(21)12-22-16-4-2-1-3-5-16/h1-5,8-11,13,18H,6-7,12H2,(H,20,21)/t18-/m0/s1. The number of benzene rings is 2. The van der Waals surface area contributed by atoms with Crippen molar-refractivity contribution in [1.82, 2.24) is 5.32 Å². The van der Waals surface area contributed by atoms with Crippen molar-refractivity contribution in [2.24, 2.45) is 5.92 Å². The van der Waals surface area contributed by atoms with Gasteiger partial charge in [0.1, 0.15) is 5.75 Å². The van der Waals surface area contributed by atoms with Crippen molar-refractivity contribution in [1.29, 1.82) is 0 Å². The molecule has 0 bridgehead atoms. The Balaban J connectivity index is 1.59. The zero-order valence-corrected chi connectivity index (χ0v) is 12.9. The Hall–Kier alpha value is -2.00. The predicted octanol–water partition coefficient (Wildman–Crippen LogP) is 3.99. The largest absolute Gasteiger partial charge is 0.484 e. The maximum atomic E-state index is 12.1. The highest BCUT2D eigenvalue weighted by Crippen LogP contribution is 2.41. The third-order valence-corrected chi connectivity index (χ3v) is 4.00. The van der Waals surface area contributed by atoms with E-state index in [-0.39, 0.29) is 18.6 Å². The van der Waals surface area contributed by atoms with Gasteiger partial charge in [-0.3, -0.25) is 4.79 Å². The van der Waals surface area contributed by atoms with Crippen molar-refractivity contribution < 1.29 is 9.53 Å². The number of halogens is 1. The molecule has 1 aliphatic carbocycles. The van der Waals surface area contributed by atoms with Crippen LogP contribution in [0.3, 0.4) is 0 Å². The first kappa shape index (κ1) is 14.9. The highest BCUT2D eigenvalue weighted by atomic mass is 35.5. The molecule has 2 aromatic rings. The molecule has 1 amide bonds. The van der Waals surface area contributed by atoms with Crippen LogP contribution in [0.15, 0.2) is 54.6 Å². The Morgan fingerprint density at radius 2 is 1.82 bits per heavy atom. The number of carbonyl (C=O) groups is 1. The van der Waals surface area contributed by atoms with E-state index in [0.29, 0.717) is 16.7 Å². The van der Waals surface area contributed by atoms with Gasteiger partial charge in [0.05, 0.1) is 6.04 Å². The van der Waals surface area contributed by atoms with Gasteiger partial charge in [-0.05, 0) is 48.6 Å². The van der Waals surface area contributed by atoms with Crippen LogP contribution < -0.4 is 10.1 Å². The van der Waals surface area contributed by atoms with Crippen LogP contribution >= 0.6 is 11.6 Å². The number of amides is 1. The lowest BCUT2D eigenvalue weighted by atomic mass is 10.0. The molecule has 1 N–H and O–H groups in total. The molecular formula is C18H18ClNO2. The maximum Gasteiger partial charge on any atom is 0.258 e. The van der Waals surface area contributed by atoms with Crippen molar-refractivity contribution in [2.75, 3.05) is 6.61 Å². The lowest BCUT2D eigenvalue weighted by Gasteiger charge is -2.19. The molecule has 1 aliphatic rings. The average molecular weight is 316 g/mol. The summed E-state index contributed by atoms with van der Waals surface area (Å²) >= 11 is 5.93. The molecule has 0 unspecified atom stereocenters. The highest BCUT2D eigenvalue weighted by Gasteiger charge is 2.33. The highest BCUT2D eigenvalue weighted by molar-refractivity contribution is 6.30. The number of nitrogens with one attached hydrogen (secondary N) is 1. The van der Waals surface area contributed by atoms with Crippen LogP contribution in [-0.2, 0) is 4.79 Å². The van der Waals surface area contributed by atoms with E-state index in [4.69, 9.17) is 16.3 Å². The van der Waals surface area contributed by atoms with E-state index in [2.05, 4.69) is 5.32 Å². The van der Waals surface area contributed by atoms with Gasteiger partial charge < -0.3 is 10.1 Å². The van der Waals surface area contributed by atoms with Gasteiger partial charge in [0.2, 0.25) is 0 Å². The summed E-state index contributed by atoms with van der Waals surface area (Å²) < 4.78 is 5.49. The van der Waals surface area contributed by atoms with Crippen LogP contribution in [0.1, 0.15) is 24.4 Å². The molecule has 22 heavy (non-hydrogen) atoms. The van der Waals surface area contributed by atoms with Crippen LogP contribution in [0, 0.1) is 5.92 Å². The Kier molecular flexibility index (Phi) is 4.64. The van der Waals surface area contributed by atoms with Crippen LogP contribution in [0.2, 0.25) is 5.02 Å². The molecule has 3 rings (SSSR count). The van der Waals surface area contributed by atoms with E-state index in [0.717, 1.165) is 18.4 Å². The van der Waals surface area contributed by atoms with E-state index in [1.807, 2.05) is 54.6 Å². The summed E-state index contributed by atoms with van der Waals surface area (Å²) in [4.78, 5) is 12.1. The van der Waals surface area contributed by atoms with Crippen molar-refractivity contribution >= 4 is 17.5 Å². The first-order chi connectivity index (χ1) is 10.7.